The summed E-state index contributed by atoms with van der Waals surface area (Å²) >= 11 is 0. The maximum absolute atomic E-state index is 11.5. The van der Waals surface area contributed by atoms with Gasteiger partial charge in [0.1, 0.15) is 0 Å². The van der Waals surface area contributed by atoms with Crippen LogP contribution in [0.1, 0.15) is 25.3 Å². The first-order chi connectivity index (χ1) is 9.22. The van der Waals surface area contributed by atoms with Crippen molar-refractivity contribution in [2.45, 2.75) is 19.8 Å². The lowest BCUT2D eigenvalue weighted by molar-refractivity contribution is -0.137. The number of hydrogen-bond donors (Lipinski definition) is 0. The van der Waals surface area contributed by atoms with Gasteiger partial charge in [0.25, 0.3) is 0 Å². The van der Waals surface area contributed by atoms with Crippen molar-refractivity contribution in [2.75, 3.05) is 6.61 Å². The Morgan fingerprint density at radius 1 is 1.37 bits per heavy atom. The highest BCUT2D eigenvalue weighted by atomic mass is 16.5. The van der Waals surface area contributed by atoms with Crippen LogP contribution in [0.4, 0.5) is 0 Å². The number of fused-ring (bicyclic) bond motifs is 1. The van der Waals surface area contributed by atoms with Gasteiger partial charge in [0, 0.05) is 35.8 Å². The van der Waals surface area contributed by atoms with Crippen molar-refractivity contribution in [3.8, 4) is 0 Å². The van der Waals surface area contributed by atoms with Gasteiger partial charge in [-0.15, -0.1) is 0 Å². The highest BCUT2D eigenvalue weighted by Gasteiger charge is 2.03. The molecule has 2 aromatic rings. The topological polar surface area (TPSA) is 31.2 Å². The summed E-state index contributed by atoms with van der Waals surface area (Å²) in [6.45, 7) is 2.56. The first-order valence-electron chi connectivity index (χ1n) is 6.61. The third kappa shape index (κ3) is 3.25. The fraction of sp³-hybridized carbons (Fsp3) is 0.312. The molecule has 100 valence electrons. The lowest BCUT2D eigenvalue weighted by atomic mass is 10.1. The Hall–Kier alpha value is -2.03. The molecule has 0 bridgehead atoms. The number of unbranched alkanes of at least 4 members (excludes halogenated alkanes) is 1. The monoisotopic (exact) mass is 257 g/mol. The smallest absolute Gasteiger partial charge is 0.330 e. The van der Waals surface area contributed by atoms with E-state index in [-0.39, 0.29) is 5.97 Å². The second-order valence-corrected chi connectivity index (χ2v) is 4.57. The van der Waals surface area contributed by atoms with Gasteiger partial charge in [-0.3, -0.25) is 0 Å². The van der Waals surface area contributed by atoms with Crippen LogP contribution in [0.15, 0.2) is 36.5 Å². The molecule has 0 aliphatic heterocycles. The number of aromatic nitrogens is 1. The van der Waals surface area contributed by atoms with Crippen molar-refractivity contribution in [2.24, 2.45) is 7.05 Å². The van der Waals surface area contributed by atoms with Crippen molar-refractivity contribution in [3.63, 3.8) is 0 Å². The summed E-state index contributed by atoms with van der Waals surface area (Å²) in [5, 5.41) is 1.14. The molecule has 3 heteroatoms. The van der Waals surface area contributed by atoms with Crippen molar-refractivity contribution in [1.82, 2.24) is 4.57 Å². The van der Waals surface area contributed by atoms with Gasteiger partial charge in [0.05, 0.1) is 6.61 Å². The molecule has 0 saturated heterocycles. The third-order valence-electron chi connectivity index (χ3n) is 3.07. The van der Waals surface area contributed by atoms with Crippen LogP contribution in [0.2, 0.25) is 0 Å². The van der Waals surface area contributed by atoms with E-state index in [9.17, 15) is 4.79 Å². The zero-order chi connectivity index (χ0) is 13.7. The van der Waals surface area contributed by atoms with E-state index in [0.717, 1.165) is 29.3 Å². The van der Waals surface area contributed by atoms with Crippen LogP contribution in [0.3, 0.4) is 0 Å². The zero-order valence-corrected chi connectivity index (χ0v) is 11.4. The Kier molecular flexibility index (Phi) is 4.39. The number of aryl methyl sites for hydroxylation is 1. The number of carbonyl (C=O) groups excluding carboxylic acids is 1. The largest absolute Gasteiger partial charge is 0.463 e. The fourth-order valence-corrected chi connectivity index (χ4v) is 2.03. The molecule has 1 heterocycles. The Bertz CT molecular complexity index is 596. The number of hydrogen-bond acceptors (Lipinski definition) is 2. The molecule has 2 rings (SSSR count). The normalized spacial score (nSPS) is 11.3. The summed E-state index contributed by atoms with van der Waals surface area (Å²) in [5.41, 5.74) is 2.19. The molecule has 19 heavy (non-hydrogen) atoms. The lowest BCUT2D eigenvalue weighted by Crippen LogP contribution is -2.01. The number of carbonyl (C=O) groups is 1. The molecule has 3 nitrogen and oxygen atoms in total. The van der Waals surface area contributed by atoms with Crippen molar-refractivity contribution in [1.29, 1.82) is 0 Å². The molecule has 1 aromatic heterocycles. The molecular weight excluding hydrogens is 238 g/mol. The number of esters is 1. The van der Waals surface area contributed by atoms with Gasteiger partial charge in [-0.1, -0.05) is 31.5 Å². The van der Waals surface area contributed by atoms with Crippen molar-refractivity contribution >= 4 is 22.9 Å². The maximum Gasteiger partial charge on any atom is 0.330 e. The number of benzene rings is 1. The highest BCUT2D eigenvalue weighted by Crippen LogP contribution is 2.21. The summed E-state index contributed by atoms with van der Waals surface area (Å²) in [4.78, 5) is 11.5. The Balaban J connectivity index is 2.11. The van der Waals surface area contributed by atoms with Gasteiger partial charge in [-0.25, -0.2) is 4.79 Å². The van der Waals surface area contributed by atoms with E-state index in [1.54, 1.807) is 0 Å². The molecule has 0 spiro atoms. The predicted octanol–water partition coefficient (Wildman–Crippen LogP) is 3.53. The number of rotatable bonds is 5. The molecule has 0 aliphatic carbocycles. The van der Waals surface area contributed by atoms with Gasteiger partial charge in [0.2, 0.25) is 0 Å². The highest BCUT2D eigenvalue weighted by molar-refractivity contribution is 5.94. The summed E-state index contributed by atoms with van der Waals surface area (Å²) in [5.74, 6) is -0.276. The van der Waals surface area contributed by atoms with Gasteiger partial charge in [-0.05, 0) is 18.6 Å². The third-order valence-corrected chi connectivity index (χ3v) is 3.07. The van der Waals surface area contributed by atoms with Crippen LogP contribution in [-0.2, 0) is 16.6 Å². The first kappa shape index (κ1) is 13.4. The van der Waals surface area contributed by atoms with E-state index in [1.165, 1.54) is 6.08 Å². The lowest BCUT2D eigenvalue weighted by Gasteiger charge is -1.98. The van der Waals surface area contributed by atoms with E-state index < -0.39 is 0 Å². The van der Waals surface area contributed by atoms with Crippen LogP contribution in [-0.4, -0.2) is 17.1 Å². The molecule has 0 saturated carbocycles. The number of nitrogens with zero attached hydrogens (tertiary/aromatic N) is 1. The van der Waals surface area contributed by atoms with Crippen LogP contribution >= 0.6 is 0 Å². The molecule has 0 radical (unpaired) electrons. The first-order valence-corrected chi connectivity index (χ1v) is 6.61. The summed E-state index contributed by atoms with van der Waals surface area (Å²) < 4.78 is 7.14. The van der Waals surface area contributed by atoms with Crippen LogP contribution in [0, 0.1) is 0 Å². The molecule has 0 amide bonds. The SMILES string of the molecule is CCCCOC(=O)/C=C/c1cn(C)c2ccccc12. The van der Waals surface area contributed by atoms with Crippen LogP contribution in [0.25, 0.3) is 17.0 Å². The van der Waals surface area contributed by atoms with E-state index in [2.05, 4.69) is 23.6 Å². The summed E-state index contributed by atoms with van der Waals surface area (Å²) in [7, 11) is 2.00. The Labute approximate surface area is 113 Å². The van der Waals surface area contributed by atoms with E-state index in [4.69, 9.17) is 4.74 Å². The minimum Gasteiger partial charge on any atom is -0.463 e. The van der Waals surface area contributed by atoms with E-state index in [0.29, 0.717) is 6.61 Å². The number of ether oxygens (including phenoxy) is 1. The van der Waals surface area contributed by atoms with E-state index >= 15 is 0 Å². The molecule has 0 unspecified atom stereocenters. The molecule has 1 aromatic carbocycles. The average Bonchev–Trinajstić information content (AvgIpc) is 2.74. The van der Waals surface area contributed by atoms with Crippen LogP contribution in [0.5, 0.6) is 0 Å². The molecule has 0 aliphatic rings. The molecular formula is C16H19NO2. The van der Waals surface area contributed by atoms with Crippen molar-refractivity contribution < 1.29 is 9.53 Å². The van der Waals surface area contributed by atoms with Crippen LogP contribution < -0.4 is 0 Å². The minimum atomic E-state index is -0.276. The zero-order valence-electron chi connectivity index (χ0n) is 11.4. The van der Waals surface area contributed by atoms with Gasteiger partial charge in [-0.2, -0.15) is 0 Å². The van der Waals surface area contributed by atoms with E-state index in [1.807, 2.05) is 31.5 Å². The van der Waals surface area contributed by atoms with Crippen molar-refractivity contribution in [3.05, 3.63) is 42.1 Å². The summed E-state index contributed by atoms with van der Waals surface area (Å²) in [6, 6.07) is 8.12. The van der Waals surface area contributed by atoms with Gasteiger partial charge < -0.3 is 9.30 Å². The average molecular weight is 257 g/mol. The second-order valence-electron chi connectivity index (χ2n) is 4.57. The molecule has 0 fully saturated rings. The predicted molar refractivity (Wildman–Crippen MR) is 77.8 cm³/mol. The Morgan fingerprint density at radius 2 is 2.16 bits per heavy atom. The second kappa shape index (κ2) is 6.23. The Morgan fingerprint density at radius 3 is 2.95 bits per heavy atom. The fourth-order valence-electron chi connectivity index (χ4n) is 2.03. The maximum atomic E-state index is 11.5. The minimum absolute atomic E-state index is 0.276. The van der Waals surface area contributed by atoms with Gasteiger partial charge in [0.15, 0.2) is 0 Å². The molecule has 0 atom stereocenters. The quantitative estimate of drug-likeness (QED) is 0.466. The molecule has 0 N–H and O–H groups in total. The van der Waals surface area contributed by atoms with Gasteiger partial charge >= 0.3 is 5.97 Å². The number of para-hydroxylation sites is 1. The summed E-state index contributed by atoms with van der Waals surface area (Å²) in [6.07, 6.45) is 7.27. The standard InChI is InChI=1S/C16H19NO2/c1-3-4-11-19-16(18)10-9-13-12-17(2)15-8-6-5-7-14(13)15/h5-10,12H,3-4,11H2,1-2H3/b10-9+.